The predicted molar refractivity (Wildman–Crippen MR) is 111 cm³/mol. The Morgan fingerprint density at radius 2 is 1.73 bits per heavy atom. The number of nitrogens with zero attached hydrogens (tertiary/aromatic N) is 2. The maximum atomic E-state index is 13.2. The minimum Gasteiger partial charge on any atom is -0.497 e. The van der Waals surface area contributed by atoms with E-state index in [1.165, 1.54) is 38.5 Å². The molecule has 3 rings (SSSR count). The van der Waals surface area contributed by atoms with Crippen LogP contribution in [0.2, 0.25) is 0 Å². The number of benzene rings is 2. The summed E-state index contributed by atoms with van der Waals surface area (Å²) in [4.78, 5) is 25.5. The number of hydrogen-bond donors (Lipinski definition) is 1. The van der Waals surface area contributed by atoms with Crippen LogP contribution in [0, 0.1) is 5.82 Å². The minimum absolute atomic E-state index is 0.375. The Balaban J connectivity index is 1.94. The fourth-order valence-electron chi connectivity index (χ4n) is 2.86. The summed E-state index contributed by atoms with van der Waals surface area (Å²) in [6.45, 7) is 3.17. The van der Waals surface area contributed by atoms with Gasteiger partial charge in [0.25, 0.3) is 11.5 Å². The Bertz CT molecular complexity index is 1120. The maximum absolute atomic E-state index is 13.2. The Hall–Kier alpha value is -3.68. The van der Waals surface area contributed by atoms with Crippen LogP contribution < -0.4 is 20.3 Å². The number of rotatable bonds is 6. The van der Waals surface area contributed by atoms with Gasteiger partial charge in [0.15, 0.2) is 0 Å². The summed E-state index contributed by atoms with van der Waals surface area (Å²) in [6.07, 6.45) is 0. The van der Waals surface area contributed by atoms with E-state index in [0.29, 0.717) is 28.4 Å². The van der Waals surface area contributed by atoms with Crippen molar-refractivity contribution >= 4 is 11.6 Å². The molecule has 0 radical (unpaired) electrons. The lowest BCUT2D eigenvalue weighted by Crippen LogP contribution is -2.47. The van der Waals surface area contributed by atoms with Gasteiger partial charge in [0, 0.05) is 17.7 Å². The highest BCUT2D eigenvalue weighted by Gasteiger charge is 2.33. The fraction of sp³-hybridized carbons (Fsp3) is 0.227. The van der Waals surface area contributed by atoms with Gasteiger partial charge < -0.3 is 14.8 Å². The van der Waals surface area contributed by atoms with E-state index in [9.17, 15) is 14.0 Å². The third kappa shape index (κ3) is 4.17. The van der Waals surface area contributed by atoms with Crippen LogP contribution in [0.3, 0.4) is 0 Å². The quantitative estimate of drug-likeness (QED) is 0.672. The number of anilines is 1. The molecule has 7 nitrogen and oxygen atoms in total. The van der Waals surface area contributed by atoms with Gasteiger partial charge in [0.1, 0.15) is 22.9 Å². The van der Waals surface area contributed by atoms with Crippen molar-refractivity contribution in [3.05, 3.63) is 70.8 Å². The van der Waals surface area contributed by atoms with Gasteiger partial charge in [0.2, 0.25) is 0 Å². The van der Waals surface area contributed by atoms with E-state index in [-0.39, 0.29) is 5.82 Å². The molecular formula is C22H22FN3O4. The van der Waals surface area contributed by atoms with Crippen LogP contribution in [0.1, 0.15) is 13.8 Å². The molecule has 0 unspecified atom stereocenters. The molecule has 1 amide bonds. The first kappa shape index (κ1) is 21.0. The van der Waals surface area contributed by atoms with Crippen LogP contribution in [0.25, 0.3) is 11.3 Å². The SMILES string of the molecule is COc1ccc(NC(=O)C(C)(C)n2nc(-c3ccc(F)cc3)ccc2=O)c(OC)c1. The second-order valence-electron chi connectivity index (χ2n) is 7.05. The standard InChI is InChI=1S/C22H22FN3O4/c1-22(2,21(28)24-18-10-9-16(29-3)13-19(18)30-4)26-20(27)12-11-17(25-26)14-5-7-15(23)8-6-14/h5-13H,1-4H3,(H,24,28). The van der Waals surface area contributed by atoms with E-state index >= 15 is 0 Å². The lowest BCUT2D eigenvalue weighted by Gasteiger charge is -2.26. The normalized spacial score (nSPS) is 11.1. The van der Waals surface area contributed by atoms with E-state index < -0.39 is 17.0 Å². The van der Waals surface area contributed by atoms with Crippen molar-refractivity contribution in [1.82, 2.24) is 9.78 Å². The fourth-order valence-corrected chi connectivity index (χ4v) is 2.86. The first-order chi connectivity index (χ1) is 14.3. The van der Waals surface area contributed by atoms with E-state index in [0.717, 1.165) is 4.68 Å². The molecule has 0 fully saturated rings. The maximum Gasteiger partial charge on any atom is 0.267 e. The van der Waals surface area contributed by atoms with Crippen molar-refractivity contribution in [2.24, 2.45) is 0 Å². The zero-order valence-electron chi connectivity index (χ0n) is 17.1. The number of nitrogens with one attached hydrogen (secondary N) is 1. The van der Waals surface area contributed by atoms with Crippen LogP contribution in [-0.2, 0) is 10.3 Å². The molecule has 8 heteroatoms. The highest BCUT2D eigenvalue weighted by molar-refractivity contribution is 5.97. The van der Waals surface area contributed by atoms with Crippen LogP contribution >= 0.6 is 0 Å². The molecular weight excluding hydrogens is 389 g/mol. The molecule has 0 aliphatic carbocycles. The first-order valence-electron chi connectivity index (χ1n) is 9.16. The van der Waals surface area contributed by atoms with Gasteiger partial charge in [-0.3, -0.25) is 9.59 Å². The average molecular weight is 411 g/mol. The molecule has 0 bridgehead atoms. The molecule has 1 heterocycles. The summed E-state index contributed by atoms with van der Waals surface area (Å²) in [7, 11) is 3.01. The molecule has 156 valence electrons. The summed E-state index contributed by atoms with van der Waals surface area (Å²) in [5.74, 6) is 0.157. The number of amides is 1. The summed E-state index contributed by atoms with van der Waals surface area (Å²) >= 11 is 0. The number of halogens is 1. The van der Waals surface area contributed by atoms with Gasteiger partial charge in [-0.25, -0.2) is 9.07 Å². The van der Waals surface area contributed by atoms with Gasteiger partial charge in [-0.1, -0.05) is 0 Å². The first-order valence-corrected chi connectivity index (χ1v) is 9.16. The van der Waals surface area contributed by atoms with Gasteiger partial charge in [0.05, 0.1) is 25.6 Å². The largest absolute Gasteiger partial charge is 0.497 e. The molecule has 0 aliphatic heterocycles. The lowest BCUT2D eigenvalue weighted by atomic mass is 10.0. The van der Waals surface area contributed by atoms with Crippen molar-refractivity contribution in [2.45, 2.75) is 19.4 Å². The second-order valence-corrected chi connectivity index (χ2v) is 7.05. The highest BCUT2D eigenvalue weighted by atomic mass is 19.1. The second kappa shape index (κ2) is 8.36. The Labute approximate surface area is 173 Å². The number of methoxy groups -OCH3 is 2. The van der Waals surface area contributed by atoms with E-state index in [1.54, 1.807) is 44.2 Å². The molecule has 0 spiro atoms. The van der Waals surface area contributed by atoms with Crippen LogP contribution in [-0.4, -0.2) is 29.9 Å². The smallest absolute Gasteiger partial charge is 0.267 e. The summed E-state index contributed by atoms with van der Waals surface area (Å²) in [6, 6.07) is 13.6. The van der Waals surface area contributed by atoms with Gasteiger partial charge in [-0.05, 0) is 56.3 Å². The minimum atomic E-state index is -1.32. The van der Waals surface area contributed by atoms with Gasteiger partial charge in [-0.15, -0.1) is 0 Å². The number of carbonyl (C=O) groups is 1. The van der Waals surface area contributed by atoms with Crippen LogP contribution in [0.5, 0.6) is 11.5 Å². The average Bonchev–Trinajstić information content (AvgIpc) is 2.74. The molecule has 1 aromatic heterocycles. The third-order valence-electron chi connectivity index (χ3n) is 4.68. The zero-order chi connectivity index (χ0) is 21.9. The molecule has 0 saturated heterocycles. The molecule has 0 atom stereocenters. The Kier molecular flexibility index (Phi) is 5.86. The molecule has 0 aliphatic rings. The number of carbonyl (C=O) groups excluding carboxylic acids is 1. The zero-order valence-corrected chi connectivity index (χ0v) is 17.1. The highest BCUT2D eigenvalue weighted by Crippen LogP contribution is 2.30. The lowest BCUT2D eigenvalue weighted by molar-refractivity contribution is -0.123. The number of hydrogen-bond acceptors (Lipinski definition) is 5. The van der Waals surface area contributed by atoms with Gasteiger partial charge >= 0.3 is 0 Å². The molecule has 1 N–H and O–H groups in total. The molecule has 30 heavy (non-hydrogen) atoms. The monoisotopic (exact) mass is 411 g/mol. The van der Waals surface area contributed by atoms with Crippen molar-refractivity contribution in [2.75, 3.05) is 19.5 Å². The van der Waals surface area contributed by atoms with Crippen molar-refractivity contribution in [3.8, 4) is 22.8 Å². The van der Waals surface area contributed by atoms with Crippen LogP contribution in [0.15, 0.2) is 59.4 Å². The van der Waals surface area contributed by atoms with Crippen molar-refractivity contribution < 1.29 is 18.7 Å². The number of aromatic nitrogens is 2. The Morgan fingerprint density at radius 3 is 2.37 bits per heavy atom. The number of ether oxygens (including phenoxy) is 2. The predicted octanol–water partition coefficient (Wildman–Crippen LogP) is 3.44. The third-order valence-corrected chi connectivity index (χ3v) is 4.68. The van der Waals surface area contributed by atoms with Gasteiger partial charge in [-0.2, -0.15) is 5.10 Å². The molecule has 2 aromatic carbocycles. The van der Waals surface area contributed by atoms with Crippen molar-refractivity contribution in [3.63, 3.8) is 0 Å². The Morgan fingerprint density at radius 1 is 1.03 bits per heavy atom. The molecule has 0 saturated carbocycles. The summed E-state index contributed by atoms with van der Waals surface area (Å²) < 4.78 is 24.8. The van der Waals surface area contributed by atoms with E-state index in [1.807, 2.05) is 0 Å². The topological polar surface area (TPSA) is 82.5 Å². The van der Waals surface area contributed by atoms with E-state index in [4.69, 9.17) is 9.47 Å². The summed E-state index contributed by atoms with van der Waals surface area (Å²) in [5.41, 5.74) is -0.268. The van der Waals surface area contributed by atoms with Crippen LogP contribution in [0.4, 0.5) is 10.1 Å². The van der Waals surface area contributed by atoms with Crippen molar-refractivity contribution in [1.29, 1.82) is 0 Å². The molecule has 3 aromatic rings. The van der Waals surface area contributed by atoms with E-state index in [2.05, 4.69) is 10.4 Å². The summed E-state index contributed by atoms with van der Waals surface area (Å²) in [5, 5.41) is 7.12.